The Balaban J connectivity index is 1.52. The standard InChI is InChI=1S/C30H35F2N3O3/c1-2-21-7-6-8-23(15-21)30(11-13-38-14-12-30)33-20-28(36)27(18-22-16-24(31)19-25(32)17-22)35-29(37)34-26-9-4-3-5-10-26/h3-10,15-17,19,27-28,33,36H,2,11-14,18,20H2,1H3,(H2,34,35,37). The number of aliphatic hydroxyl groups is 1. The zero-order chi connectivity index (χ0) is 27.0. The molecular weight excluding hydrogens is 488 g/mol. The summed E-state index contributed by atoms with van der Waals surface area (Å²) in [6.45, 7) is 3.44. The average molecular weight is 524 g/mol. The van der Waals surface area contributed by atoms with E-state index >= 15 is 0 Å². The number of anilines is 1. The lowest BCUT2D eigenvalue weighted by atomic mass is 9.81. The number of carbonyl (C=O) groups is 1. The third kappa shape index (κ3) is 7.37. The van der Waals surface area contributed by atoms with E-state index in [1.165, 1.54) is 17.7 Å². The third-order valence-corrected chi connectivity index (χ3v) is 7.07. The van der Waals surface area contributed by atoms with Crippen LogP contribution in [0.4, 0.5) is 19.3 Å². The Morgan fingerprint density at radius 2 is 1.68 bits per heavy atom. The largest absolute Gasteiger partial charge is 0.390 e. The Kier molecular flexibility index (Phi) is 9.44. The number of aryl methyl sites for hydroxylation is 1. The topological polar surface area (TPSA) is 82.6 Å². The number of aliphatic hydroxyl groups excluding tert-OH is 1. The zero-order valence-electron chi connectivity index (χ0n) is 21.6. The lowest BCUT2D eigenvalue weighted by molar-refractivity contribution is 0.0272. The van der Waals surface area contributed by atoms with E-state index in [4.69, 9.17) is 4.74 Å². The van der Waals surface area contributed by atoms with Crippen molar-refractivity contribution < 1.29 is 23.4 Å². The molecule has 0 bridgehead atoms. The number of rotatable bonds is 10. The molecule has 0 spiro atoms. The molecule has 1 aliphatic heterocycles. The first-order valence-corrected chi connectivity index (χ1v) is 13.0. The van der Waals surface area contributed by atoms with Crippen molar-refractivity contribution in [1.82, 2.24) is 10.6 Å². The maximum Gasteiger partial charge on any atom is 0.319 e. The van der Waals surface area contributed by atoms with Crippen LogP contribution in [0.25, 0.3) is 0 Å². The van der Waals surface area contributed by atoms with Crippen molar-refractivity contribution in [3.63, 3.8) is 0 Å². The molecule has 0 saturated carbocycles. The molecule has 1 fully saturated rings. The van der Waals surface area contributed by atoms with E-state index in [2.05, 4.69) is 41.1 Å². The van der Waals surface area contributed by atoms with Crippen LogP contribution in [0.3, 0.4) is 0 Å². The van der Waals surface area contributed by atoms with Crippen molar-refractivity contribution in [2.45, 2.75) is 50.3 Å². The molecule has 4 rings (SSSR count). The van der Waals surface area contributed by atoms with Gasteiger partial charge in [0.25, 0.3) is 0 Å². The summed E-state index contributed by atoms with van der Waals surface area (Å²) in [5, 5.41) is 20.4. The molecule has 202 valence electrons. The van der Waals surface area contributed by atoms with Gasteiger partial charge in [-0.1, -0.05) is 49.4 Å². The van der Waals surface area contributed by atoms with Crippen LogP contribution in [0.1, 0.15) is 36.5 Å². The van der Waals surface area contributed by atoms with Gasteiger partial charge in [0.15, 0.2) is 0 Å². The second-order valence-corrected chi connectivity index (χ2v) is 9.75. The summed E-state index contributed by atoms with van der Waals surface area (Å²) in [6.07, 6.45) is 1.37. The number of hydrogen-bond acceptors (Lipinski definition) is 4. The number of amides is 2. The number of nitrogens with one attached hydrogen (secondary N) is 3. The summed E-state index contributed by atoms with van der Waals surface area (Å²) in [5.74, 6) is -1.42. The fraction of sp³-hybridized carbons (Fsp3) is 0.367. The van der Waals surface area contributed by atoms with E-state index in [9.17, 15) is 18.7 Å². The Morgan fingerprint density at radius 3 is 2.37 bits per heavy atom. The van der Waals surface area contributed by atoms with Crippen molar-refractivity contribution >= 4 is 11.7 Å². The monoisotopic (exact) mass is 523 g/mol. The summed E-state index contributed by atoms with van der Waals surface area (Å²) in [6, 6.07) is 19.2. The van der Waals surface area contributed by atoms with Gasteiger partial charge in [-0.3, -0.25) is 0 Å². The molecule has 1 saturated heterocycles. The Labute approximate surface area is 222 Å². The quantitative estimate of drug-likeness (QED) is 0.304. The summed E-state index contributed by atoms with van der Waals surface area (Å²) in [5.41, 5.74) is 2.88. The van der Waals surface area contributed by atoms with Gasteiger partial charge in [-0.2, -0.15) is 0 Å². The zero-order valence-corrected chi connectivity index (χ0v) is 21.6. The van der Waals surface area contributed by atoms with E-state index < -0.39 is 35.4 Å². The average Bonchev–Trinajstić information content (AvgIpc) is 2.92. The third-order valence-electron chi connectivity index (χ3n) is 7.07. The molecule has 38 heavy (non-hydrogen) atoms. The van der Waals surface area contributed by atoms with Gasteiger partial charge >= 0.3 is 6.03 Å². The molecule has 1 heterocycles. The maximum atomic E-state index is 13.9. The molecule has 2 amide bonds. The van der Waals surface area contributed by atoms with Crippen molar-refractivity contribution in [2.75, 3.05) is 25.1 Å². The van der Waals surface area contributed by atoms with Gasteiger partial charge in [-0.15, -0.1) is 0 Å². The van der Waals surface area contributed by atoms with E-state index in [0.29, 0.717) is 24.5 Å². The summed E-state index contributed by atoms with van der Waals surface area (Å²) in [4.78, 5) is 12.8. The number of hydrogen-bond donors (Lipinski definition) is 4. The summed E-state index contributed by atoms with van der Waals surface area (Å²) in [7, 11) is 0. The van der Waals surface area contributed by atoms with Crippen LogP contribution in [-0.2, 0) is 23.1 Å². The highest BCUT2D eigenvalue weighted by Gasteiger charge is 2.35. The summed E-state index contributed by atoms with van der Waals surface area (Å²) >= 11 is 0. The highest BCUT2D eigenvalue weighted by Crippen LogP contribution is 2.33. The minimum absolute atomic E-state index is 0.0428. The second-order valence-electron chi connectivity index (χ2n) is 9.75. The fourth-order valence-corrected chi connectivity index (χ4v) is 4.94. The van der Waals surface area contributed by atoms with E-state index in [1.54, 1.807) is 24.3 Å². The number of ether oxygens (including phenoxy) is 1. The van der Waals surface area contributed by atoms with Crippen LogP contribution in [0.15, 0.2) is 72.8 Å². The molecule has 4 N–H and O–H groups in total. The Morgan fingerprint density at radius 1 is 0.974 bits per heavy atom. The number of carbonyl (C=O) groups excluding carboxylic acids is 1. The van der Waals surface area contributed by atoms with Gasteiger partial charge in [-0.05, 0) is 66.6 Å². The predicted molar refractivity (Wildman–Crippen MR) is 144 cm³/mol. The minimum atomic E-state index is -1.04. The normalized spacial score (nSPS) is 16.4. The maximum absolute atomic E-state index is 13.9. The number of para-hydroxylation sites is 1. The molecule has 2 unspecified atom stereocenters. The van der Waals surface area contributed by atoms with Gasteiger partial charge < -0.3 is 25.8 Å². The molecule has 0 aliphatic carbocycles. The van der Waals surface area contributed by atoms with Crippen molar-refractivity contribution in [2.24, 2.45) is 0 Å². The van der Waals surface area contributed by atoms with E-state index in [0.717, 1.165) is 30.9 Å². The first kappa shape index (κ1) is 27.7. The molecular formula is C30H35F2N3O3. The fourth-order valence-electron chi connectivity index (χ4n) is 4.94. The second kappa shape index (κ2) is 13.0. The lowest BCUT2D eigenvalue weighted by Gasteiger charge is -2.40. The van der Waals surface area contributed by atoms with Gasteiger partial charge in [0.1, 0.15) is 11.6 Å². The minimum Gasteiger partial charge on any atom is -0.390 e. The van der Waals surface area contributed by atoms with E-state index in [1.807, 2.05) is 12.1 Å². The van der Waals surface area contributed by atoms with E-state index in [-0.39, 0.29) is 13.0 Å². The molecule has 3 aromatic rings. The van der Waals surface area contributed by atoms with Gasteiger partial charge in [0.05, 0.1) is 12.1 Å². The van der Waals surface area contributed by atoms with Gasteiger partial charge in [0, 0.05) is 37.1 Å². The Hall–Kier alpha value is -3.33. The number of urea groups is 1. The molecule has 1 aliphatic rings. The summed E-state index contributed by atoms with van der Waals surface area (Å²) < 4.78 is 33.4. The van der Waals surface area contributed by atoms with Crippen LogP contribution >= 0.6 is 0 Å². The van der Waals surface area contributed by atoms with Crippen molar-refractivity contribution in [1.29, 1.82) is 0 Å². The highest BCUT2D eigenvalue weighted by atomic mass is 19.1. The first-order chi connectivity index (χ1) is 18.4. The van der Waals surface area contributed by atoms with Crippen LogP contribution in [0.5, 0.6) is 0 Å². The predicted octanol–water partition coefficient (Wildman–Crippen LogP) is 4.92. The van der Waals surface area contributed by atoms with Crippen LogP contribution in [-0.4, -0.2) is 43.0 Å². The van der Waals surface area contributed by atoms with Crippen LogP contribution in [0, 0.1) is 11.6 Å². The highest BCUT2D eigenvalue weighted by molar-refractivity contribution is 5.89. The molecule has 6 nitrogen and oxygen atoms in total. The Bertz CT molecular complexity index is 1180. The lowest BCUT2D eigenvalue weighted by Crippen LogP contribution is -2.54. The molecule has 0 aromatic heterocycles. The van der Waals surface area contributed by atoms with Gasteiger partial charge in [-0.25, -0.2) is 13.6 Å². The molecule has 3 aromatic carbocycles. The van der Waals surface area contributed by atoms with Crippen LogP contribution < -0.4 is 16.0 Å². The van der Waals surface area contributed by atoms with Gasteiger partial charge in [0.2, 0.25) is 0 Å². The van der Waals surface area contributed by atoms with Crippen molar-refractivity contribution in [3.8, 4) is 0 Å². The smallest absolute Gasteiger partial charge is 0.319 e. The molecule has 0 radical (unpaired) electrons. The SMILES string of the molecule is CCc1cccc(C2(NCC(O)C(Cc3cc(F)cc(F)c3)NC(=O)Nc3ccccc3)CCOCC2)c1. The number of halogens is 2. The van der Waals surface area contributed by atoms with Crippen LogP contribution in [0.2, 0.25) is 0 Å². The first-order valence-electron chi connectivity index (χ1n) is 13.0. The van der Waals surface area contributed by atoms with Crippen molar-refractivity contribution in [3.05, 3.63) is 101 Å². The molecule has 2 atom stereocenters. The molecule has 8 heteroatoms. The number of benzene rings is 3.